The number of nitrogens with one attached hydrogen (secondary N) is 1. The van der Waals surface area contributed by atoms with Crippen molar-refractivity contribution < 1.29 is 0 Å². The number of rotatable bonds is 5. The lowest BCUT2D eigenvalue weighted by Crippen LogP contribution is -2.25. The molecule has 0 aromatic heterocycles. The molecule has 1 saturated carbocycles. The first-order valence-electron chi connectivity index (χ1n) is 6.84. The van der Waals surface area contributed by atoms with Gasteiger partial charge < -0.3 is 5.32 Å². The van der Waals surface area contributed by atoms with E-state index in [1.807, 2.05) is 0 Å². The van der Waals surface area contributed by atoms with Crippen LogP contribution in [0.4, 0.5) is 0 Å². The Morgan fingerprint density at radius 1 is 1.29 bits per heavy atom. The molecule has 0 aliphatic heterocycles. The van der Waals surface area contributed by atoms with Gasteiger partial charge in [-0.05, 0) is 43.2 Å². The summed E-state index contributed by atoms with van der Waals surface area (Å²) in [6.45, 7) is 10.3. The van der Waals surface area contributed by atoms with Crippen LogP contribution in [0.3, 0.4) is 0 Å². The van der Waals surface area contributed by atoms with Gasteiger partial charge in [0, 0.05) is 6.04 Å². The fraction of sp³-hybridized carbons (Fsp3) is 0.625. The van der Waals surface area contributed by atoms with Gasteiger partial charge in [-0.1, -0.05) is 50.6 Å². The minimum atomic E-state index is 0.524. The van der Waals surface area contributed by atoms with Gasteiger partial charge in [0.25, 0.3) is 0 Å². The Hall–Kier alpha value is -0.820. The molecular weight excluding hydrogens is 206 g/mol. The molecule has 1 aliphatic carbocycles. The maximum absolute atomic E-state index is 3.72. The molecule has 1 aromatic carbocycles. The summed E-state index contributed by atoms with van der Waals surface area (Å²) < 4.78 is 0. The summed E-state index contributed by atoms with van der Waals surface area (Å²) in [6, 6.07) is 9.58. The highest BCUT2D eigenvalue weighted by molar-refractivity contribution is 5.26. The highest BCUT2D eigenvalue weighted by atomic mass is 14.9. The van der Waals surface area contributed by atoms with Gasteiger partial charge in [-0.2, -0.15) is 0 Å². The van der Waals surface area contributed by atoms with Crippen molar-refractivity contribution in [2.75, 3.05) is 6.54 Å². The van der Waals surface area contributed by atoms with Gasteiger partial charge in [-0.15, -0.1) is 0 Å². The first-order valence-corrected chi connectivity index (χ1v) is 6.84. The average Bonchev–Trinajstić information content (AvgIpc) is 2.91. The summed E-state index contributed by atoms with van der Waals surface area (Å²) in [5.41, 5.74) is 3.33. The first kappa shape index (κ1) is 12.6. The zero-order valence-corrected chi connectivity index (χ0v) is 11.6. The summed E-state index contributed by atoms with van der Waals surface area (Å²) in [5, 5.41) is 3.72. The molecule has 2 unspecified atom stereocenters. The van der Waals surface area contributed by atoms with Gasteiger partial charge in [0.05, 0.1) is 0 Å². The van der Waals surface area contributed by atoms with Crippen molar-refractivity contribution in [3.05, 3.63) is 35.4 Å². The maximum atomic E-state index is 3.72. The summed E-state index contributed by atoms with van der Waals surface area (Å²) in [5.74, 6) is 0.803. The van der Waals surface area contributed by atoms with E-state index in [0.29, 0.717) is 11.5 Å². The smallest absolute Gasteiger partial charge is 0.0353 e. The third-order valence-electron chi connectivity index (χ3n) is 4.04. The van der Waals surface area contributed by atoms with E-state index in [1.54, 1.807) is 0 Å². The Bertz CT molecular complexity index is 364. The lowest BCUT2D eigenvalue weighted by molar-refractivity contribution is 0.416. The van der Waals surface area contributed by atoms with Crippen LogP contribution in [0.1, 0.15) is 50.8 Å². The number of aryl methyl sites for hydroxylation is 1. The van der Waals surface area contributed by atoms with Crippen LogP contribution < -0.4 is 5.32 Å². The first-order chi connectivity index (χ1) is 8.04. The minimum absolute atomic E-state index is 0.524. The summed E-state index contributed by atoms with van der Waals surface area (Å²) in [4.78, 5) is 0. The molecule has 0 spiro atoms. The van der Waals surface area contributed by atoms with Gasteiger partial charge in [0.1, 0.15) is 0 Å². The molecule has 1 N–H and O–H groups in total. The third-order valence-corrected chi connectivity index (χ3v) is 4.04. The van der Waals surface area contributed by atoms with E-state index in [-0.39, 0.29) is 0 Å². The normalized spacial score (nSPS) is 23.4. The molecule has 2 atom stereocenters. The van der Waals surface area contributed by atoms with Crippen molar-refractivity contribution in [1.29, 1.82) is 0 Å². The molecule has 1 fully saturated rings. The molecule has 1 heteroatoms. The standard InChI is InChI=1S/C16H25N/c1-5-10-17-15(14-11-16(14,3)4)13-8-6-12(2)7-9-13/h6-9,14-15,17H,5,10-11H2,1-4H3. The van der Waals surface area contributed by atoms with Gasteiger partial charge in [0.2, 0.25) is 0 Å². The van der Waals surface area contributed by atoms with E-state index in [1.165, 1.54) is 24.0 Å². The molecule has 0 bridgehead atoms. The molecule has 17 heavy (non-hydrogen) atoms. The molecule has 94 valence electrons. The van der Waals surface area contributed by atoms with Crippen LogP contribution in [0.5, 0.6) is 0 Å². The fourth-order valence-corrected chi connectivity index (χ4v) is 2.64. The monoisotopic (exact) mass is 231 g/mol. The maximum Gasteiger partial charge on any atom is 0.0353 e. The second-order valence-corrected chi connectivity index (χ2v) is 6.14. The summed E-state index contributed by atoms with van der Waals surface area (Å²) >= 11 is 0. The second-order valence-electron chi connectivity index (χ2n) is 6.14. The second kappa shape index (κ2) is 4.81. The lowest BCUT2D eigenvalue weighted by atomic mass is 9.96. The summed E-state index contributed by atoms with van der Waals surface area (Å²) in [7, 11) is 0. The predicted molar refractivity (Wildman–Crippen MR) is 74.1 cm³/mol. The van der Waals surface area contributed by atoms with E-state index >= 15 is 0 Å². The SMILES string of the molecule is CCCNC(c1ccc(C)cc1)C1CC1(C)C. The quantitative estimate of drug-likeness (QED) is 0.805. The molecule has 0 heterocycles. The van der Waals surface area contributed by atoms with Gasteiger partial charge in [-0.25, -0.2) is 0 Å². The molecule has 0 saturated heterocycles. The molecule has 2 rings (SSSR count). The van der Waals surface area contributed by atoms with E-state index in [2.05, 4.69) is 57.3 Å². The van der Waals surface area contributed by atoms with E-state index < -0.39 is 0 Å². The van der Waals surface area contributed by atoms with Crippen LogP contribution >= 0.6 is 0 Å². The topological polar surface area (TPSA) is 12.0 Å². The number of hydrogen-bond donors (Lipinski definition) is 1. The van der Waals surface area contributed by atoms with Crippen molar-refractivity contribution in [2.45, 2.75) is 46.6 Å². The average molecular weight is 231 g/mol. The number of hydrogen-bond acceptors (Lipinski definition) is 1. The Morgan fingerprint density at radius 3 is 2.35 bits per heavy atom. The van der Waals surface area contributed by atoms with E-state index in [0.717, 1.165) is 12.5 Å². The van der Waals surface area contributed by atoms with Crippen molar-refractivity contribution in [1.82, 2.24) is 5.32 Å². The fourth-order valence-electron chi connectivity index (χ4n) is 2.64. The Balaban J connectivity index is 2.13. The Labute approximate surface area is 106 Å². The van der Waals surface area contributed by atoms with Crippen molar-refractivity contribution in [3.8, 4) is 0 Å². The van der Waals surface area contributed by atoms with Crippen molar-refractivity contribution in [2.24, 2.45) is 11.3 Å². The zero-order chi connectivity index (χ0) is 12.5. The molecular formula is C16H25N. The van der Waals surface area contributed by atoms with Crippen LogP contribution in [0.2, 0.25) is 0 Å². The Kier molecular flexibility index (Phi) is 3.58. The van der Waals surface area contributed by atoms with Crippen LogP contribution in [-0.2, 0) is 0 Å². The van der Waals surface area contributed by atoms with Crippen molar-refractivity contribution in [3.63, 3.8) is 0 Å². The van der Waals surface area contributed by atoms with Crippen LogP contribution in [0.15, 0.2) is 24.3 Å². The van der Waals surface area contributed by atoms with Crippen molar-refractivity contribution >= 4 is 0 Å². The van der Waals surface area contributed by atoms with Crippen LogP contribution in [-0.4, -0.2) is 6.54 Å². The minimum Gasteiger partial charge on any atom is -0.310 e. The predicted octanol–water partition coefficient (Wildman–Crippen LogP) is 4.08. The number of benzene rings is 1. The highest BCUT2D eigenvalue weighted by Gasteiger charge is 2.50. The largest absolute Gasteiger partial charge is 0.310 e. The molecule has 0 radical (unpaired) electrons. The van der Waals surface area contributed by atoms with Crippen LogP contribution in [0, 0.1) is 18.3 Å². The van der Waals surface area contributed by atoms with Crippen LogP contribution in [0.25, 0.3) is 0 Å². The molecule has 1 aliphatic rings. The van der Waals surface area contributed by atoms with Gasteiger partial charge in [-0.3, -0.25) is 0 Å². The summed E-state index contributed by atoms with van der Waals surface area (Å²) in [6.07, 6.45) is 2.55. The molecule has 1 aromatic rings. The van der Waals surface area contributed by atoms with Gasteiger partial charge >= 0.3 is 0 Å². The lowest BCUT2D eigenvalue weighted by Gasteiger charge is -2.21. The Morgan fingerprint density at radius 2 is 1.88 bits per heavy atom. The third kappa shape index (κ3) is 2.90. The molecule has 1 nitrogen and oxygen atoms in total. The van der Waals surface area contributed by atoms with E-state index in [9.17, 15) is 0 Å². The molecule has 0 amide bonds. The van der Waals surface area contributed by atoms with Gasteiger partial charge in [0.15, 0.2) is 0 Å². The zero-order valence-electron chi connectivity index (χ0n) is 11.6. The van der Waals surface area contributed by atoms with E-state index in [4.69, 9.17) is 0 Å². The highest BCUT2D eigenvalue weighted by Crippen LogP contribution is 2.57.